The number of rotatable bonds is 4. The Labute approximate surface area is 95.2 Å². The largest absolute Gasteiger partial charge is 0.394 e. The first-order valence-electron chi connectivity index (χ1n) is 5.11. The summed E-state index contributed by atoms with van der Waals surface area (Å²) >= 11 is 0. The normalized spacial score (nSPS) is 12.7. The molecule has 86 valence electrons. The number of nitrogens with zero attached hydrogens (tertiary/aromatic N) is 2. The van der Waals surface area contributed by atoms with Gasteiger partial charge in [-0.1, -0.05) is 6.07 Å². The molecule has 0 aliphatic carbocycles. The van der Waals surface area contributed by atoms with Crippen LogP contribution in [0.2, 0.25) is 0 Å². The maximum atomic E-state index is 11.6. The molecule has 1 unspecified atom stereocenters. The molecule has 0 aliphatic heterocycles. The number of carbonyl (C=O) groups is 1. The highest BCUT2D eigenvalue weighted by Crippen LogP contribution is 2.01. The van der Waals surface area contributed by atoms with Gasteiger partial charge in [-0.2, -0.15) is 0 Å². The van der Waals surface area contributed by atoms with E-state index in [-0.39, 0.29) is 18.6 Å². The lowest BCUT2D eigenvalue weighted by Crippen LogP contribution is -2.36. The van der Waals surface area contributed by atoms with Gasteiger partial charge in [0.15, 0.2) is 0 Å². The van der Waals surface area contributed by atoms with Gasteiger partial charge in [0.1, 0.15) is 0 Å². The highest BCUT2D eigenvalue weighted by molar-refractivity contribution is 5.91. The molecule has 0 radical (unpaired) electrons. The van der Waals surface area contributed by atoms with Crippen LogP contribution in [-0.2, 0) is 4.79 Å². The molecule has 0 saturated heterocycles. The number of aromatic nitrogens is 1. The standard InChI is InChI=1S/C12H16N2O2/c1-10(9-15)14(2)12(16)6-5-11-4-3-7-13-8-11/h3-8,10,15H,9H2,1-2H3/b6-5+. The van der Waals surface area contributed by atoms with Gasteiger partial charge in [0.05, 0.1) is 12.6 Å². The lowest BCUT2D eigenvalue weighted by Gasteiger charge is -2.21. The molecule has 0 bridgehead atoms. The lowest BCUT2D eigenvalue weighted by molar-refractivity contribution is -0.127. The topological polar surface area (TPSA) is 53.4 Å². The summed E-state index contributed by atoms with van der Waals surface area (Å²) in [4.78, 5) is 17.1. The summed E-state index contributed by atoms with van der Waals surface area (Å²) in [6.07, 6.45) is 6.54. The second-order valence-electron chi connectivity index (χ2n) is 3.60. The van der Waals surface area contributed by atoms with Crippen LogP contribution < -0.4 is 0 Å². The number of carbonyl (C=O) groups excluding carboxylic acids is 1. The van der Waals surface area contributed by atoms with E-state index < -0.39 is 0 Å². The van der Waals surface area contributed by atoms with Crippen molar-refractivity contribution in [2.24, 2.45) is 0 Å². The minimum atomic E-state index is -0.175. The molecule has 4 heteroatoms. The van der Waals surface area contributed by atoms with Crippen LogP contribution in [0.4, 0.5) is 0 Å². The Morgan fingerprint density at radius 2 is 2.44 bits per heavy atom. The molecule has 1 N–H and O–H groups in total. The molecule has 1 rings (SSSR count). The molecule has 1 amide bonds. The molecule has 0 fully saturated rings. The van der Waals surface area contributed by atoms with Gasteiger partial charge in [-0.3, -0.25) is 9.78 Å². The Bertz CT molecular complexity index is 363. The summed E-state index contributed by atoms with van der Waals surface area (Å²) in [6.45, 7) is 1.75. The molecule has 16 heavy (non-hydrogen) atoms. The van der Waals surface area contributed by atoms with E-state index in [0.717, 1.165) is 5.56 Å². The monoisotopic (exact) mass is 220 g/mol. The van der Waals surface area contributed by atoms with Gasteiger partial charge in [-0.05, 0) is 24.6 Å². The van der Waals surface area contributed by atoms with Crippen LogP contribution in [-0.4, -0.2) is 40.6 Å². The number of amides is 1. The summed E-state index contributed by atoms with van der Waals surface area (Å²) < 4.78 is 0. The number of aliphatic hydroxyl groups excluding tert-OH is 1. The van der Waals surface area contributed by atoms with Crippen molar-refractivity contribution < 1.29 is 9.90 Å². The summed E-state index contributed by atoms with van der Waals surface area (Å²) in [6, 6.07) is 3.50. The fourth-order valence-electron chi connectivity index (χ4n) is 1.10. The zero-order valence-corrected chi connectivity index (χ0v) is 9.50. The first kappa shape index (κ1) is 12.4. The smallest absolute Gasteiger partial charge is 0.246 e. The molecule has 1 aromatic heterocycles. The average molecular weight is 220 g/mol. The zero-order chi connectivity index (χ0) is 12.0. The Hall–Kier alpha value is -1.68. The maximum Gasteiger partial charge on any atom is 0.246 e. The zero-order valence-electron chi connectivity index (χ0n) is 9.50. The summed E-state index contributed by atoms with van der Waals surface area (Å²) in [7, 11) is 1.66. The van der Waals surface area contributed by atoms with Crippen molar-refractivity contribution in [1.29, 1.82) is 0 Å². The molecule has 0 saturated carbocycles. The molecule has 4 nitrogen and oxygen atoms in total. The van der Waals surface area contributed by atoms with Gasteiger partial charge < -0.3 is 10.0 Å². The molecule has 0 spiro atoms. The van der Waals surface area contributed by atoms with Gasteiger partial charge in [-0.15, -0.1) is 0 Å². The number of hydrogen-bond acceptors (Lipinski definition) is 3. The lowest BCUT2D eigenvalue weighted by atomic mass is 10.2. The van der Waals surface area contributed by atoms with Crippen molar-refractivity contribution in [1.82, 2.24) is 9.88 Å². The molecule has 0 aromatic carbocycles. The first-order valence-corrected chi connectivity index (χ1v) is 5.11. The van der Waals surface area contributed by atoms with Crippen molar-refractivity contribution >= 4 is 12.0 Å². The van der Waals surface area contributed by atoms with E-state index >= 15 is 0 Å². The van der Waals surface area contributed by atoms with Crippen molar-refractivity contribution in [2.45, 2.75) is 13.0 Å². The third-order valence-electron chi connectivity index (χ3n) is 2.38. The predicted octanol–water partition coefficient (Wildman–Crippen LogP) is 0.934. The molecule has 1 atom stereocenters. The Kier molecular flexibility index (Phi) is 4.66. The van der Waals surface area contributed by atoms with Crippen LogP contribution in [0.25, 0.3) is 6.08 Å². The van der Waals surface area contributed by atoms with Gasteiger partial charge >= 0.3 is 0 Å². The van der Waals surface area contributed by atoms with E-state index in [0.29, 0.717) is 0 Å². The van der Waals surface area contributed by atoms with Crippen LogP contribution in [0.1, 0.15) is 12.5 Å². The minimum absolute atomic E-state index is 0.0387. The van der Waals surface area contributed by atoms with Crippen LogP contribution in [0.15, 0.2) is 30.6 Å². The van der Waals surface area contributed by atoms with Gasteiger partial charge in [-0.25, -0.2) is 0 Å². The van der Waals surface area contributed by atoms with Crippen LogP contribution in [0, 0.1) is 0 Å². The van der Waals surface area contributed by atoms with E-state index in [2.05, 4.69) is 4.98 Å². The highest BCUT2D eigenvalue weighted by atomic mass is 16.3. The summed E-state index contributed by atoms with van der Waals surface area (Å²) in [5, 5.41) is 8.91. The van der Waals surface area contributed by atoms with E-state index in [1.54, 1.807) is 32.4 Å². The molecular formula is C12H16N2O2. The molecular weight excluding hydrogens is 204 g/mol. The van der Waals surface area contributed by atoms with Crippen LogP contribution in [0.3, 0.4) is 0 Å². The fourth-order valence-corrected chi connectivity index (χ4v) is 1.10. The average Bonchev–Trinajstić information content (AvgIpc) is 2.35. The van der Waals surface area contributed by atoms with E-state index in [1.807, 2.05) is 12.1 Å². The van der Waals surface area contributed by atoms with E-state index in [9.17, 15) is 4.79 Å². The van der Waals surface area contributed by atoms with Crippen LogP contribution >= 0.6 is 0 Å². The van der Waals surface area contributed by atoms with E-state index in [4.69, 9.17) is 5.11 Å². The Morgan fingerprint density at radius 1 is 1.69 bits per heavy atom. The number of likely N-dealkylation sites (N-methyl/N-ethyl adjacent to an activating group) is 1. The third-order valence-corrected chi connectivity index (χ3v) is 2.38. The maximum absolute atomic E-state index is 11.6. The molecule has 1 aromatic rings. The second kappa shape index (κ2) is 6.02. The second-order valence-corrected chi connectivity index (χ2v) is 3.60. The minimum Gasteiger partial charge on any atom is -0.394 e. The SMILES string of the molecule is CC(CO)N(C)C(=O)/C=C/c1cccnc1. The van der Waals surface area contributed by atoms with Crippen molar-refractivity contribution in [2.75, 3.05) is 13.7 Å². The van der Waals surface area contributed by atoms with Crippen LogP contribution in [0.5, 0.6) is 0 Å². The Morgan fingerprint density at radius 3 is 3.00 bits per heavy atom. The van der Waals surface area contributed by atoms with Crippen molar-refractivity contribution in [3.63, 3.8) is 0 Å². The van der Waals surface area contributed by atoms with Crippen molar-refractivity contribution in [3.05, 3.63) is 36.2 Å². The Balaban J connectivity index is 2.61. The number of aliphatic hydroxyl groups is 1. The van der Waals surface area contributed by atoms with Gasteiger partial charge in [0, 0.05) is 25.5 Å². The number of pyridine rings is 1. The summed E-state index contributed by atoms with van der Waals surface area (Å²) in [5.74, 6) is -0.134. The van der Waals surface area contributed by atoms with Crippen molar-refractivity contribution in [3.8, 4) is 0 Å². The molecule has 0 aliphatic rings. The predicted molar refractivity (Wildman–Crippen MR) is 62.6 cm³/mol. The number of hydrogen-bond donors (Lipinski definition) is 1. The van der Waals surface area contributed by atoms with Gasteiger partial charge in [0.25, 0.3) is 0 Å². The summed E-state index contributed by atoms with van der Waals surface area (Å²) in [5.41, 5.74) is 0.876. The first-order chi connectivity index (χ1) is 7.65. The highest BCUT2D eigenvalue weighted by Gasteiger charge is 2.11. The van der Waals surface area contributed by atoms with Gasteiger partial charge in [0.2, 0.25) is 5.91 Å². The quantitative estimate of drug-likeness (QED) is 0.768. The fraction of sp³-hybridized carbons (Fsp3) is 0.333. The van der Waals surface area contributed by atoms with E-state index in [1.165, 1.54) is 11.0 Å². The molecule has 1 heterocycles. The third kappa shape index (κ3) is 3.47.